The Hall–Kier alpha value is -1.27. The summed E-state index contributed by atoms with van der Waals surface area (Å²) in [5.74, 6) is 0.370. The van der Waals surface area contributed by atoms with Crippen LogP contribution in [-0.4, -0.2) is 47.5 Å². The second kappa shape index (κ2) is 4.71. The number of rotatable bonds is 3. The van der Waals surface area contributed by atoms with E-state index in [9.17, 15) is 4.91 Å². The van der Waals surface area contributed by atoms with Crippen LogP contribution in [-0.2, 0) is 11.3 Å². The lowest BCUT2D eigenvalue weighted by atomic mass is 10.3. The van der Waals surface area contributed by atoms with Gasteiger partial charge in [0.05, 0.1) is 24.9 Å². The molecule has 1 aromatic heterocycles. The standard InChI is InChI=1S/C10H16N4O2/c1-8-5-10(12-15)14(11-8)7-9-6-13(2)3-4-16-9/h5,9H,3-4,6-7H2,1-2H3/t9-/m1/s1. The van der Waals surface area contributed by atoms with Gasteiger partial charge in [-0.05, 0) is 19.1 Å². The SMILES string of the molecule is Cc1cc(N=O)n(C[C@H]2CN(C)CCO2)n1. The zero-order valence-electron chi connectivity index (χ0n) is 9.59. The number of morpholine rings is 1. The summed E-state index contributed by atoms with van der Waals surface area (Å²) in [6, 6.07) is 1.68. The van der Waals surface area contributed by atoms with E-state index in [1.54, 1.807) is 10.7 Å². The molecule has 6 heteroatoms. The summed E-state index contributed by atoms with van der Waals surface area (Å²) in [7, 11) is 2.06. The lowest BCUT2D eigenvalue weighted by Crippen LogP contribution is -2.42. The quantitative estimate of drug-likeness (QED) is 0.716. The van der Waals surface area contributed by atoms with E-state index in [0.717, 1.165) is 25.4 Å². The molecule has 16 heavy (non-hydrogen) atoms. The molecule has 2 heterocycles. The highest BCUT2D eigenvalue weighted by molar-refractivity contribution is 5.29. The molecule has 1 aromatic rings. The molecule has 0 spiro atoms. The molecule has 0 saturated carbocycles. The molecule has 0 radical (unpaired) electrons. The smallest absolute Gasteiger partial charge is 0.195 e. The van der Waals surface area contributed by atoms with Crippen molar-refractivity contribution in [2.24, 2.45) is 5.18 Å². The van der Waals surface area contributed by atoms with Crippen molar-refractivity contribution in [3.05, 3.63) is 16.7 Å². The topological polar surface area (TPSA) is 59.7 Å². The number of ether oxygens (including phenoxy) is 1. The van der Waals surface area contributed by atoms with Crippen LogP contribution in [0.1, 0.15) is 5.69 Å². The van der Waals surface area contributed by atoms with Gasteiger partial charge in [-0.3, -0.25) is 0 Å². The minimum Gasteiger partial charge on any atom is -0.374 e. The van der Waals surface area contributed by atoms with E-state index in [-0.39, 0.29) is 6.10 Å². The summed E-state index contributed by atoms with van der Waals surface area (Å²) < 4.78 is 7.23. The van der Waals surface area contributed by atoms with Crippen LogP contribution in [0, 0.1) is 11.8 Å². The molecule has 1 aliphatic rings. The normalized spacial score (nSPS) is 22.2. The molecule has 2 rings (SSSR count). The highest BCUT2D eigenvalue weighted by atomic mass is 16.5. The maximum atomic E-state index is 10.6. The first kappa shape index (κ1) is 11.2. The Morgan fingerprint density at radius 3 is 3.19 bits per heavy atom. The first-order chi connectivity index (χ1) is 7.69. The van der Waals surface area contributed by atoms with Crippen LogP contribution in [0.4, 0.5) is 5.82 Å². The van der Waals surface area contributed by atoms with Crippen LogP contribution in [0.25, 0.3) is 0 Å². The Bertz CT molecular complexity index is 377. The molecule has 0 unspecified atom stereocenters. The molecule has 1 saturated heterocycles. The highest BCUT2D eigenvalue weighted by Crippen LogP contribution is 2.15. The molecule has 0 N–H and O–H groups in total. The van der Waals surface area contributed by atoms with Gasteiger partial charge in [0.25, 0.3) is 0 Å². The predicted molar refractivity (Wildman–Crippen MR) is 59.7 cm³/mol. The van der Waals surface area contributed by atoms with E-state index in [1.807, 2.05) is 6.92 Å². The zero-order chi connectivity index (χ0) is 11.5. The number of nitrogens with zero attached hydrogens (tertiary/aromatic N) is 4. The Labute approximate surface area is 94.2 Å². The van der Waals surface area contributed by atoms with Crippen LogP contribution in [0.3, 0.4) is 0 Å². The third-order valence-electron chi connectivity index (χ3n) is 2.69. The summed E-state index contributed by atoms with van der Waals surface area (Å²) in [6.45, 7) is 4.97. The van der Waals surface area contributed by atoms with E-state index < -0.39 is 0 Å². The number of aromatic nitrogens is 2. The molecule has 1 fully saturated rings. The molecule has 0 bridgehead atoms. The van der Waals surface area contributed by atoms with Crippen LogP contribution >= 0.6 is 0 Å². The molecular formula is C10H16N4O2. The molecule has 6 nitrogen and oxygen atoms in total. The second-order valence-electron chi connectivity index (χ2n) is 4.17. The summed E-state index contributed by atoms with van der Waals surface area (Å²) in [5, 5.41) is 7.18. The van der Waals surface area contributed by atoms with E-state index >= 15 is 0 Å². The van der Waals surface area contributed by atoms with Gasteiger partial charge in [-0.1, -0.05) is 0 Å². The van der Waals surface area contributed by atoms with Gasteiger partial charge in [0.1, 0.15) is 0 Å². The van der Waals surface area contributed by atoms with Crippen molar-refractivity contribution in [3.63, 3.8) is 0 Å². The van der Waals surface area contributed by atoms with Gasteiger partial charge in [0.2, 0.25) is 0 Å². The third kappa shape index (κ3) is 2.45. The summed E-state index contributed by atoms with van der Waals surface area (Å²) in [5.41, 5.74) is 0.804. The van der Waals surface area contributed by atoms with E-state index in [2.05, 4.69) is 22.2 Å². The maximum absolute atomic E-state index is 10.6. The number of aryl methyl sites for hydroxylation is 1. The molecule has 0 aliphatic carbocycles. The first-order valence-corrected chi connectivity index (χ1v) is 5.37. The fourth-order valence-corrected chi connectivity index (χ4v) is 1.91. The van der Waals surface area contributed by atoms with Crippen molar-refractivity contribution < 1.29 is 4.74 Å². The van der Waals surface area contributed by atoms with Gasteiger partial charge in [-0.15, -0.1) is 4.91 Å². The predicted octanol–water partition coefficient (Wildman–Crippen LogP) is 0.920. The van der Waals surface area contributed by atoms with Crippen molar-refractivity contribution in [2.75, 3.05) is 26.7 Å². The van der Waals surface area contributed by atoms with Gasteiger partial charge in [0, 0.05) is 19.2 Å². The maximum Gasteiger partial charge on any atom is 0.195 e. The number of likely N-dealkylation sites (N-methyl/N-ethyl adjacent to an activating group) is 1. The number of nitroso groups, excluding NO2 is 1. The fraction of sp³-hybridized carbons (Fsp3) is 0.700. The monoisotopic (exact) mass is 224 g/mol. The van der Waals surface area contributed by atoms with Gasteiger partial charge in [-0.2, -0.15) is 5.10 Å². The van der Waals surface area contributed by atoms with Crippen molar-refractivity contribution in [2.45, 2.75) is 19.6 Å². The molecule has 88 valence electrons. The van der Waals surface area contributed by atoms with Crippen molar-refractivity contribution in [1.29, 1.82) is 0 Å². The average molecular weight is 224 g/mol. The van der Waals surface area contributed by atoms with Gasteiger partial charge in [-0.25, -0.2) is 4.68 Å². The largest absolute Gasteiger partial charge is 0.374 e. The van der Waals surface area contributed by atoms with E-state index in [4.69, 9.17) is 4.74 Å². The Balaban J connectivity index is 2.04. The molecule has 1 aliphatic heterocycles. The van der Waals surface area contributed by atoms with Crippen molar-refractivity contribution in [1.82, 2.24) is 14.7 Å². The Morgan fingerprint density at radius 2 is 2.50 bits per heavy atom. The van der Waals surface area contributed by atoms with E-state index in [0.29, 0.717) is 12.4 Å². The first-order valence-electron chi connectivity index (χ1n) is 5.37. The lowest BCUT2D eigenvalue weighted by Gasteiger charge is -2.29. The van der Waals surface area contributed by atoms with Gasteiger partial charge >= 0.3 is 0 Å². The van der Waals surface area contributed by atoms with Crippen LogP contribution in [0.2, 0.25) is 0 Å². The highest BCUT2D eigenvalue weighted by Gasteiger charge is 2.19. The summed E-state index contributed by atoms with van der Waals surface area (Å²) >= 11 is 0. The Morgan fingerprint density at radius 1 is 1.69 bits per heavy atom. The second-order valence-corrected chi connectivity index (χ2v) is 4.17. The van der Waals surface area contributed by atoms with Gasteiger partial charge < -0.3 is 9.64 Å². The minimum absolute atomic E-state index is 0.0820. The molecule has 0 amide bonds. The average Bonchev–Trinajstić information content (AvgIpc) is 2.59. The fourth-order valence-electron chi connectivity index (χ4n) is 1.91. The van der Waals surface area contributed by atoms with Crippen molar-refractivity contribution in [3.8, 4) is 0 Å². The Kier molecular flexibility index (Phi) is 3.31. The van der Waals surface area contributed by atoms with Crippen molar-refractivity contribution >= 4 is 5.82 Å². The zero-order valence-corrected chi connectivity index (χ0v) is 9.59. The van der Waals surface area contributed by atoms with E-state index in [1.165, 1.54) is 0 Å². The molecule has 0 aromatic carbocycles. The third-order valence-corrected chi connectivity index (χ3v) is 2.69. The molecular weight excluding hydrogens is 208 g/mol. The lowest BCUT2D eigenvalue weighted by molar-refractivity contribution is -0.0288. The van der Waals surface area contributed by atoms with Crippen LogP contribution in [0.15, 0.2) is 11.2 Å². The number of hydrogen-bond acceptors (Lipinski definition) is 5. The van der Waals surface area contributed by atoms with Crippen LogP contribution in [0.5, 0.6) is 0 Å². The summed E-state index contributed by atoms with van der Waals surface area (Å²) in [4.78, 5) is 12.8. The number of hydrogen-bond donors (Lipinski definition) is 0. The van der Waals surface area contributed by atoms with Crippen LogP contribution < -0.4 is 0 Å². The molecule has 1 atom stereocenters. The minimum atomic E-state index is 0.0820. The van der Waals surface area contributed by atoms with Gasteiger partial charge in [0.15, 0.2) is 5.82 Å². The summed E-state index contributed by atoms with van der Waals surface area (Å²) in [6.07, 6.45) is 0.0820.